The third-order valence-electron chi connectivity index (χ3n) is 7.06. The number of para-hydroxylation sites is 1. The molecule has 0 radical (unpaired) electrons. The smallest absolute Gasteiger partial charge is 0.254 e. The molecule has 4 heterocycles. The molecule has 0 N–H and O–H groups in total. The van der Waals surface area contributed by atoms with Crippen molar-refractivity contribution in [2.75, 3.05) is 0 Å². The summed E-state index contributed by atoms with van der Waals surface area (Å²) in [5.41, 5.74) is 8.41. The lowest BCUT2D eigenvalue weighted by atomic mass is 10.1. The van der Waals surface area contributed by atoms with E-state index in [2.05, 4.69) is 108 Å². The van der Waals surface area contributed by atoms with Gasteiger partial charge in [0.05, 0.1) is 29.8 Å². The summed E-state index contributed by atoms with van der Waals surface area (Å²) < 4.78 is 9.55. The van der Waals surface area contributed by atoms with Crippen molar-refractivity contribution in [1.29, 1.82) is 0 Å². The predicted molar refractivity (Wildman–Crippen MR) is 138 cm³/mol. The normalized spacial score (nSPS) is 12.2. The van der Waals surface area contributed by atoms with Crippen LogP contribution in [0.25, 0.3) is 53.8 Å². The van der Waals surface area contributed by atoms with Crippen LogP contribution in [0.5, 0.6) is 0 Å². The van der Waals surface area contributed by atoms with Crippen molar-refractivity contribution >= 4 is 59.4 Å². The molecular formula is C28H23N4S+. The molecule has 0 aliphatic heterocycles. The van der Waals surface area contributed by atoms with Gasteiger partial charge in [0.25, 0.3) is 0 Å². The summed E-state index contributed by atoms with van der Waals surface area (Å²) in [5.74, 6) is 2.12. The van der Waals surface area contributed by atoms with Crippen LogP contribution in [0.15, 0.2) is 66.9 Å². The highest BCUT2D eigenvalue weighted by Crippen LogP contribution is 2.39. The number of imidazole rings is 2. The van der Waals surface area contributed by atoms with Gasteiger partial charge in [-0.05, 0) is 56.2 Å². The van der Waals surface area contributed by atoms with Gasteiger partial charge >= 0.3 is 11.6 Å². The summed E-state index contributed by atoms with van der Waals surface area (Å²) in [6, 6.07) is 21.9. The maximum atomic E-state index is 5.22. The molecule has 7 aromatic rings. The Balaban J connectivity index is 1.77. The Bertz CT molecular complexity index is 1920. The van der Waals surface area contributed by atoms with E-state index in [0.29, 0.717) is 0 Å². The van der Waals surface area contributed by atoms with Crippen molar-refractivity contribution in [3.05, 3.63) is 83.6 Å². The molecule has 0 saturated heterocycles. The maximum absolute atomic E-state index is 5.22. The zero-order chi connectivity index (χ0) is 22.4. The molecule has 0 aliphatic rings. The zero-order valence-electron chi connectivity index (χ0n) is 19.0. The molecule has 0 atom stereocenters. The van der Waals surface area contributed by atoms with Crippen LogP contribution in [0.3, 0.4) is 0 Å². The highest BCUT2D eigenvalue weighted by molar-refractivity contribution is 7.26. The molecule has 0 bridgehead atoms. The molecule has 3 aromatic carbocycles. The van der Waals surface area contributed by atoms with E-state index in [4.69, 9.17) is 4.98 Å². The molecule has 160 valence electrons. The Morgan fingerprint density at radius 1 is 0.818 bits per heavy atom. The Morgan fingerprint density at radius 3 is 2.55 bits per heavy atom. The largest absolute Gasteiger partial charge is 0.312 e. The van der Waals surface area contributed by atoms with Crippen molar-refractivity contribution in [2.45, 2.75) is 20.8 Å². The summed E-state index contributed by atoms with van der Waals surface area (Å²) >= 11 is 1.86. The van der Waals surface area contributed by atoms with E-state index in [1.54, 1.807) is 0 Å². The summed E-state index contributed by atoms with van der Waals surface area (Å²) in [6.45, 7) is 6.56. The Kier molecular flexibility index (Phi) is 3.67. The summed E-state index contributed by atoms with van der Waals surface area (Å²) in [5, 5.41) is 2.60. The third-order valence-corrected chi connectivity index (χ3v) is 8.24. The number of aromatic nitrogens is 4. The number of hydrogen-bond donors (Lipinski definition) is 0. The lowest BCUT2D eigenvalue weighted by molar-refractivity contribution is -0.664. The number of hydrogen-bond acceptors (Lipinski definition) is 2. The lowest BCUT2D eigenvalue weighted by Crippen LogP contribution is -2.33. The molecule has 0 fully saturated rings. The van der Waals surface area contributed by atoms with Crippen molar-refractivity contribution in [3.63, 3.8) is 0 Å². The standard InChI is InChI=1S/C28H23N4S/c1-16-12-13-22-25(18(16)3)32(28-29-24-17(2)8-7-10-21(24)31(22)28)27-26-20(14-15-30(27)4)19-9-5-6-11-23(19)33-26/h5-15H,1-4H3/q+1. The van der Waals surface area contributed by atoms with E-state index in [1.807, 2.05) is 11.3 Å². The molecule has 0 aliphatic carbocycles. The molecule has 4 aromatic heterocycles. The number of thiophene rings is 1. The predicted octanol–water partition coefficient (Wildman–Crippen LogP) is 6.55. The van der Waals surface area contributed by atoms with E-state index in [0.717, 1.165) is 22.6 Å². The van der Waals surface area contributed by atoms with Crippen LogP contribution in [0.4, 0.5) is 0 Å². The molecule has 5 heteroatoms. The number of pyridine rings is 1. The first-order valence-electron chi connectivity index (χ1n) is 11.2. The fraction of sp³-hybridized carbons (Fsp3) is 0.143. The Labute approximate surface area is 195 Å². The van der Waals surface area contributed by atoms with Gasteiger partial charge in [-0.15, -0.1) is 11.3 Å². The Morgan fingerprint density at radius 2 is 1.67 bits per heavy atom. The maximum Gasteiger partial charge on any atom is 0.312 e. The van der Waals surface area contributed by atoms with Crippen LogP contribution in [0, 0.1) is 20.8 Å². The fourth-order valence-electron chi connectivity index (χ4n) is 5.24. The van der Waals surface area contributed by atoms with Gasteiger partial charge in [0.1, 0.15) is 4.70 Å². The van der Waals surface area contributed by atoms with Crippen molar-refractivity contribution in [3.8, 4) is 5.82 Å². The quantitative estimate of drug-likeness (QED) is 0.262. The number of benzene rings is 3. The van der Waals surface area contributed by atoms with Crippen molar-refractivity contribution in [2.24, 2.45) is 7.05 Å². The summed E-state index contributed by atoms with van der Waals surface area (Å²) in [7, 11) is 2.14. The van der Waals surface area contributed by atoms with Crippen LogP contribution < -0.4 is 4.57 Å². The van der Waals surface area contributed by atoms with Crippen molar-refractivity contribution in [1.82, 2.24) is 14.0 Å². The molecule has 0 amide bonds. The monoisotopic (exact) mass is 447 g/mol. The minimum atomic E-state index is 0.962. The number of fused-ring (bicyclic) bond motifs is 8. The molecular weight excluding hydrogens is 424 g/mol. The van der Waals surface area contributed by atoms with Gasteiger partial charge in [0, 0.05) is 21.0 Å². The zero-order valence-corrected chi connectivity index (χ0v) is 19.9. The van der Waals surface area contributed by atoms with Gasteiger partial charge in [0.2, 0.25) is 0 Å². The second-order valence-electron chi connectivity index (χ2n) is 8.99. The van der Waals surface area contributed by atoms with Gasteiger partial charge in [-0.3, -0.25) is 4.40 Å². The van der Waals surface area contributed by atoms with E-state index < -0.39 is 0 Å². The Hall–Kier alpha value is -3.70. The van der Waals surface area contributed by atoms with Crippen LogP contribution in [-0.2, 0) is 7.05 Å². The van der Waals surface area contributed by atoms with Gasteiger partial charge in [-0.1, -0.05) is 36.4 Å². The van der Waals surface area contributed by atoms with Gasteiger partial charge in [0.15, 0.2) is 5.52 Å². The van der Waals surface area contributed by atoms with Crippen LogP contribution in [-0.4, -0.2) is 14.0 Å². The second-order valence-corrected chi connectivity index (χ2v) is 10.0. The molecule has 33 heavy (non-hydrogen) atoms. The van der Waals surface area contributed by atoms with Crippen LogP contribution in [0.2, 0.25) is 0 Å². The summed E-state index contributed by atoms with van der Waals surface area (Å²) in [4.78, 5) is 5.22. The van der Waals surface area contributed by atoms with Crippen LogP contribution in [0.1, 0.15) is 16.7 Å². The highest BCUT2D eigenvalue weighted by Gasteiger charge is 2.29. The number of rotatable bonds is 1. The SMILES string of the molecule is Cc1ccc2c(c1C)n(-c1c3sc4ccccc4c3cc[n+]1C)c1nc3c(C)cccc3n21. The second kappa shape index (κ2) is 6.42. The van der Waals surface area contributed by atoms with Gasteiger partial charge in [-0.2, -0.15) is 9.55 Å². The molecule has 0 spiro atoms. The highest BCUT2D eigenvalue weighted by atomic mass is 32.1. The number of nitrogens with zero attached hydrogens (tertiary/aromatic N) is 4. The van der Waals surface area contributed by atoms with Gasteiger partial charge < -0.3 is 0 Å². The van der Waals surface area contributed by atoms with E-state index in [9.17, 15) is 0 Å². The first-order chi connectivity index (χ1) is 16.0. The molecule has 0 saturated carbocycles. The molecule has 7 rings (SSSR count). The van der Waals surface area contributed by atoms with E-state index in [-0.39, 0.29) is 0 Å². The minimum Gasteiger partial charge on any atom is -0.254 e. The molecule has 4 nitrogen and oxygen atoms in total. The first kappa shape index (κ1) is 18.8. The average Bonchev–Trinajstić information content (AvgIpc) is 3.46. The van der Waals surface area contributed by atoms with E-state index in [1.165, 1.54) is 47.9 Å². The minimum absolute atomic E-state index is 0.962. The first-order valence-corrected chi connectivity index (χ1v) is 12.0. The van der Waals surface area contributed by atoms with Gasteiger partial charge in [-0.25, -0.2) is 4.57 Å². The average molecular weight is 448 g/mol. The topological polar surface area (TPSA) is 26.1 Å². The summed E-state index contributed by atoms with van der Waals surface area (Å²) in [6.07, 6.45) is 2.18. The molecule has 0 unspecified atom stereocenters. The van der Waals surface area contributed by atoms with Crippen LogP contribution >= 0.6 is 11.3 Å². The van der Waals surface area contributed by atoms with E-state index >= 15 is 0 Å². The van der Waals surface area contributed by atoms with Crippen molar-refractivity contribution < 1.29 is 4.57 Å². The third kappa shape index (κ3) is 2.35. The fourth-order valence-corrected chi connectivity index (χ4v) is 6.51. The number of aryl methyl sites for hydroxylation is 4. The lowest BCUT2D eigenvalue weighted by Gasteiger charge is -2.06.